The van der Waals surface area contributed by atoms with Crippen LogP contribution in [-0.2, 0) is 11.3 Å². The van der Waals surface area contributed by atoms with Crippen LogP contribution in [0, 0.1) is 11.3 Å². The Morgan fingerprint density at radius 3 is 2.70 bits per heavy atom. The van der Waals surface area contributed by atoms with E-state index in [1.807, 2.05) is 39.0 Å². The van der Waals surface area contributed by atoms with Crippen molar-refractivity contribution in [3.63, 3.8) is 0 Å². The SMILES string of the molecule is CCNC(C)CC(=O)N(CC)Cc1ccccc1C#N. The van der Waals surface area contributed by atoms with E-state index in [4.69, 9.17) is 5.26 Å². The molecule has 20 heavy (non-hydrogen) atoms. The van der Waals surface area contributed by atoms with Crippen LogP contribution in [0.3, 0.4) is 0 Å². The molecule has 1 N–H and O–H groups in total. The van der Waals surface area contributed by atoms with Crippen molar-refractivity contribution >= 4 is 5.91 Å². The van der Waals surface area contributed by atoms with Crippen LogP contribution < -0.4 is 5.32 Å². The molecule has 0 saturated carbocycles. The highest BCUT2D eigenvalue weighted by molar-refractivity contribution is 5.76. The average Bonchev–Trinajstić information content (AvgIpc) is 2.45. The first-order valence-electron chi connectivity index (χ1n) is 7.11. The number of hydrogen-bond acceptors (Lipinski definition) is 3. The number of rotatable bonds is 7. The molecule has 4 nitrogen and oxygen atoms in total. The van der Waals surface area contributed by atoms with Crippen molar-refractivity contribution < 1.29 is 4.79 Å². The molecule has 4 heteroatoms. The van der Waals surface area contributed by atoms with Gasteiger partial charge in [-0.1, -0.05) is 25.1 Å². The Balaban J connectivity index is 2.72. The highest BCUT2D eigenvalue weighted by Gasteiger charge is 2.16. The van der Waals surface area contributed by atoms with Gasteiger partial charge < -0.3 is 10.2 Å². The fourth-order valence-electron chi connectivity index (χ4n) is 2.16. The molecule has 0 radical (unpaired) electrons. The van der Waals surface area contributed by atoms with Crippen LogP contribution in [0.4, 0.5) is 0 Å². The topological polar surface area (TPSA) is 56.1 Å². The third kappa shape index (κ3) is 4.67. The highest BCUT2D eigenvalue weighted by Crippen LogP contribution is 2.12. The van der Waals surface area contributed by atoms with Crippen molar-refractivity contribution in [3.8, 4) is 6.07 Å². The van der Waals surface area contributed by atoms with E-state index in [-0.39, 0.29) is 11.9 Å². The van der Waals surface area contributed by atoms with Crippen LogP contribution >= 0.6 is 0 Å². The Morgan fingerprint density at radius 1 is 1.40 bits per heavy atom. The fraction of sp³-hybridized carbons (Fsp3) is 0.500. The van der Waals surface area contributed by atoms with Crippen LogP contribution in [0.5, 0.6) is 0 Å². The van der Waals surface area contributed by atoms with Gasteiger partial charge in [-0.3, -0.25) is 4.79 Å². The van der Waals surface area contributed by atoms with Gasteiger partial charge in [0.15, 0.2) is 0 Å². The summed E-state index contributed by atoms with van der Waals surface area (Å²) in [5.74, 6) is 0.119. The normalized spacial score (nSPS) is 11.7. The van der Waals surface area contributed by atoms with Crippen LogP contribution in [0.15, 0.2) is 24.3 Å². The lowest BCUT2D eigenvalue weighted by Crippen LogP contribution is -2.36. The van der Waals surface area contributed by atoms with Crippen LogP contribution in [0.25, 0.3) is 0 Å². The van der Waals surface area contributed by atoms with E-state index >= 15 is 0 Å². The van der Waals surface area contributed by atoms with E-state index in [1.54, 1.807) is 11.0 Å². The lowest BCUT2D eigenvalue weighted by molar-refractivity contribution is -0.132. The zero-order chi connectivity index (χ0) is 15.0. The summed E-state index contributed by atoms with van der Waals surface area (Å²) >= 11 is 0. The second kappa shape index (κ2) is 8.34. The summed E-state index contributed by atoms with van der Waals surface area (Å²) in [4.78, 5) is 14.1. The summed E-state index contributed by atoms with van der Waals surface area (Å²) in [5, 5.41) is 12.3. The van der Waals surface area contributed by atoms with Crippen molar-refractivity contribution in [3.05, 3.63) is 35.4 Å². The third-order valence-corrected chi connectivity index (χ3v) is 3.27. The number of hydrogen-bond donors (Lipinski definition) is 1. The van der Waals surface area contributed by atoms with Crippen molar-refractivity contribution in [1.82, 2.24) is 10.2 Å². The van der Waals surface area contributed by atoms with Gasteiger partial charge in [-0.05, 0) is 32.0 Å². The molecule has 1 amide bonds. The molecule has 1 aromatic rings. The maximum Gasteiger partial charge on any atom is 0.224 e. The minimum absolute atomic E-state index is 0.119. The zero-order valence-corrected chi connectivity index (χ0v) is 12.5. The van der Waals surface area contributed by atoms with E-state index in [2.05, 4.69) is 11.4 Å². The van der Waals surface area contributed by atoms with E-state index < -0.39 is 0 Å². The number of carbonyl (C=O) groups excluding carboxylic acids is 1. The predicted molar refractivity (Wildman–Crippen MR) is 80.0 cm³/mol. The van der Waals surface area contributed by atoms with Crippen molar-refractivity contribution in [2.75, 3.05) is 13.1 Å². The molecular weight excluding hydrogens is 250 g/mol. The van der Waals surface area contributed by atoms with Gasteiger partial charge in [0.25, 0.3) is 0 Å². The van der Waals surface area contributed by atoms with Crippen LogP contribution in [0.2, 0.25) is 0 Å². The summed E-state index contributed by atoms with van der Waals surface area (Å²) in [6, 6.07) is 9.78. The summed E-state index contributed by atoms with van der Waals surface area (Å²) in [7, 11) is 0. The van der Waals surface area contributed by atoms with Crippen molar-refractivity contribution in [2.24, 2.45) is 0 Å². The van der Waals surface area contributed by atoms with Gasteiger partial charge >= 0.3 is 0 Å². The average molecular weight is 273 g/mol. The number of benzene rings is 1. The smallest absolute Gasteiger partial charge is 0.224 e. The predicted octanol–water partition coefficient (Wildman–Crippen LogP) is 2.29. The zero-order valence-electron chi connectivity index (χ0n) is 12.5. The van der Waals surface area contributed by atoms with E-state index in [1.165, 1.54) is 0 Å². The molecule has 0 saturated heterocycles. The molecule has 0 heterocycles. The Hall–Kier alpha value is -1.86. The molecule has 1 unspecified atom stereocenters. The second-order valence-electron chi connectivity index (χ2n) is 4.84. The Bertz CT molecular complexity index is 479. The van der Waals surface area contributed by atoms with Gasteiger partial charge in [-0.25, -0.2) is 0 Å². The summed E-state index contributed by atoms with van der Waals surface area (Å²) in [5.41, 5.74) is 1.54. The van der Waals surface area contributed by atoms with Crippen molar-refractivity contribution in [2.45, 2.75) is 39.8 Å². The molecule has 1 atom stereocenters. The number of nitriles is 1. The van der Waals surface area contributed by atoms with Gasteiger partial charge in [0.2, 0.25) is 5.91 Å². The molecule has 0 aliphatic rings. The summed E-state index contributed by atoms with van der Waals surface area (Å²) in [6.45, 7) is 8.01. The van der Waals surface area contributed by atoms with E-state index in [0.717, 1.165) is 12.1 Å². The maximum absolute atomic E-state index is 12.3. The molecule has 1 aromatic carbocycles. The van der Waals surface area contributed by atoms with Crippen LogP contribution in [-0.4, -0.2) is 29.9 Å². The number of nitrogens with zero attached hydrogens (tertiary/aromatic N) is 2. The monoisotopic (exact) mass is 273 g/mol. The summed E-state index contributed by atoms with van der Waals surface area (Å²) in [6.07, 6.45) is 0.483. The molecule has 0 aliphatic carbocycles. The molecule has 1 rings (SSSR count). The molecular formula is C16H23N3O. The van der Waals surface area contributed by atoms with Gasteiger partial charge in [0.05, 0.1) is 11.6 Å². The standard InChI is InChI=1S/C16H23N3O/c1-4-18-13(3)10-16(20)19(5-2)12-15-9-7-6-8-14(15)11-17/h6-9,13,18H,4-5,10,12H2,1-3H3. The maximum atomic E-state index is 12.3. The first-order chi connectivity index (χ1) is 9.62. The highest BCUT2D eigenvalue weighted by atomic mass is 16.2. The Morgan fingerprint density at radius 2 is 2.10 bits per heavy atom. The fourth-order valence-corrected chi connectivity index (χ4v) is 2.16. The molecule has 0 spiro atoms. The lowest BCUT2D eigenvalue weighted by atomic mass is 10.1. The van der Waals surface area contributed by atoms with Crippen LogP contribution in [0.1, 0.15) is 38.3 Å². The minimum Gasteiger partial charge on any atom is -0.339 e. The molecule has 0 fully saturated rings. The molecule has 0 aromatic heterocycles. The Kier molecular flexibility index (Phi) is 6.75. The number of carbonyl (C=O) groups is 1. The minimum atomic E-state index is 0.119. The number of amides is 1. The molecule has 108 valence electrons. The largest absolute Gasteiger partial charge is 0.339 e. The van der Waals surface area contributed by atoms with E-state index in [9.17, 15) is 4.79 Å². The van der Waals surface area contributed by atoms with E-state index in [0.29, 0.717) is 25.1 Å². The van der Waals surface area contributed by atoms with Gasteiger partial charge in [-0.15, -0.1) is 0 Å². The first kappa shape index (κ1) is 16.2. The summed E-state index contributed by atoms with van der Waals surface area (Å²) < 4.78 is 0. The van der Waals surface area contributed by atoms with Gasteiger partial charge in [-0.2, -0.15) is 5.26 Å². The van der Waals surface area contributed by atoms with Gasteiger partial charge in [0.1, 0.15) is 0 Å². The lowest BCUT2D eigenvalue weighted by Gasteiger charge is -2.23. The first-order valence-corrected chi connectivity index (χ1v) is 7.11. The van der Waals surface area contributed by atoms with Gasteiger partial charge in [0, 0.05) is 25.6 Å². The molecule has 0 bridgehead atoms. The Labute approximate surface area is 121 Å². The quantitative estimate of drug-likeness (QED) is 0.829. The third-order valence-electron chi connectivity index (χ3n) is 3.27. The molecule has 0 aliphatic heterocycles. The van der Waals surface area contributed by atoms with Crippen molar-refractivity contribution in [1.29, 1.82) is 5.26 Å². The number of nitrogens with one attached hydrogen (secondary N) is 1. The second-order valence-corrected chi connectivity index (χ2v) is 4.84.